The molecule has 1 saturated heterocycles. The first kappa shape index (κ1) is 29.0. The predicted octanol–water partition coefficient (Wildman–Crippen LogP) is 3.25. The van der Waals surface area contributed by atoms with Crippen molar-refractivity contribution in [2.75, 3.05) is 54.2 Å². The van der Waals surface area contributed by atoms with Crippen LogP contribution in [-0.2, 0) is 30.3 Å². The highest BCUT2D eigenvalue weighted by Gasteiger charge is 2.41. The first-order valence-electron chi connectivity index (χ1n) is 12.9. The average Bonchev–Trinajstić information content (AvgIpc) is 3.69. The Balaban J connectivity index is 1.74. The molecule has 0 spiro atoms. The molecule has 0 bridgehead atoms. The minimum atomic E-state index is -0.801. The van der Waals surface area contributed by atoms with Gasteiger partial charge in [0.1, 0.15) is 5.60 Å². The Morgan fingerprint density at radius 3 is 2.43 bits per heavy atom. The molecule has 1 aromatic carbocycles. The lowest BCUT2D eigenvalue weighted by atomic mass is 10.1. The van der Waals surface area contributed by atoms with Crippen LogP contribution < -0.4 is 9.47 Å². The molecular formula is C27H42N2O8. The molecule has 10 nitrogen and oxygen atoms in total. The summed E-state index contributed by atoms with van der Waals surface area (Å²) in [6, 6.07) is 5.84. The minimum absolute atomic E-state index is 0.133. The lowest BCUT2D eigenvalue weighted by molar-refractivity contribution is -0.161. The molecule has 208 valence electrons. The third-order valence-electron chi connectivity index (χ3n) is 6.05. The molecule has 2 aliphatic rings. The summed E-state index contributed by atoms with van der Waals surface area (Å²) in [7, 11) is 4.83. The summed E-state index contributed by atoms with van der Waals surface area (Å²) in [4.78, 5) is 30.0. The summed E-state index contributed by atoms with van der Waals surface area (Å²) < 4.78 is 33.4. The lowest BCUT2D eigenvalue weighted by Gasteiger charge is -2.39. The highest BCUT2D eigenvalue weighted by molar-refractivity contribution is 5.83. The number of carbonyl (C=O) groups is 2. The maximum atomic E-state index is 13.8. The van der Waals surface area contributed by atoms with Crippen LogP contribution in [0.1, 0.15) is 45.6 Å². The van der Waals surface area contributed by atoms with Gasteiger partial charge in [0.05, 0.1) is 39.5 Å². The fraction of sp³-hybridized carbons (Fsp3) is 0.704. The van der Waals surface area contributed by atoms with Crippen molar-refractivity contribution in [3.63, 3.8) is 0 Å². The van der Waals surface area contributed by atoms with E-state index in [1.54, 1.807) is 26.2 Å². The second-order valence-electron chi connectivity index (χ2n) is 10.5. The van der Waals surface area contributed by atoms with Crippen LogP contribution in [0.4, 0.5) is 4.79 Å². The van der Waals surface area contributed by atoms with E-state index in [0.29, 0.717) is 37.8 Å². The minimum Gasteiger partial charge on any atom is -0.493 e. The molecule has 2 fully saturated rings. The van der Waals surface area contributed by atoms with E-state index in [0.717, 1.165) is 24.8 Å². The van der Waals surface area contributed by atoms with Crippen LogP contribution in [0.15, 0.2) is 18.2 Å². The van der Waals surface area contributed by atoms with Gasteiger partial charge in [-0.3, -0.25) is 4.79 Å². The molecular weight excluding hydrogens is 480 g/mol. The van der Waals surface area contributed by atoms with Gasteiger partial charge in [-0.1, -0.05) is 6.07 Å². The van der Waals surface area contributed by atoms with Crippen molar-refractivity contribution in [1.29, 1.82) is 0 Å². The number of ether oxygens (including phenoxy) is 6. The van der Waals surface area contributed by atoms with Gasteiger partial charge in [0.15, 0.2) is 17.6 Å². The molecule has 0 unspecified atom stereocenters. The van der Waals surface area contributed by atoms with E-state index in [2.05, 4.69) is 0 Å². The third-order valence-corrected chi connectivity index (χ3v) is 6.05. The Bertz CT molecular complexity index is 899. The topological polar surface area (TPSA) is 96.0 Å². The van der Waals surface area contributed by atoms with Crippen LogP contribution in [0.2, 0.25) is 0 Å². The maximum absolute atomic E-state index is 13.8. The molecule has 0 radical (unpaired) electrons. The van der Waals surface area contributed by atoms with Crippen molar-refractivity contribution < 1.29 is 38.0 Å². The lowest BCUT2D eigenvalue weighted by Crippen LogP contribution is -2.57. The van der Waals surface area contributed by atoms with E-state index in [9.17, 15) is 9.59 Å². The summed E-state index contributed by atoms with van der Waals surface area (Å²) in [5, 5.41) is 0. The Morgan fingerprint density at radius 2 is 1.81 bits per heavy atom. The van der Waals surface area contributed by atoms with E-state index in [-0.39, 0.29) is 25.1 Å². The normalized spacial score (nSPS) is 19.9. The van der Waals surface area contributed by atoms with Gasteiger partial charge in [0.2, 0.25) is 0 Å². The first-order chi connectivity index (χ1) is 17.6. The van der Waals surface area contributed by atoms with Crippen LogP contribution in [0.25, 0.3) is 0 Å². The molecule has 10 heteroatoms. The maximum Gasteiger partial charge on any atom is 0.410 e. The van der Waals surface area contributed by atoms with Crippen molar-refractivity contribution in [3.8, 4) is 11.5 Å². The van der Waals surface area contributed by atoms with E-state index in [1.165, 1.54) is 0 Å². The molecule has 37 heavy (non-hydrogen) atoms. The molecule has 1 aromatic rings. The fourth-order valence-corrected chi connectivity index (χ4v) is 4.20. The number of carbonyl (C=O) groups excluding carboxylic acids is 2. The molecule has 1 heterocycles. The largest absolute Gasteiger partial charge is 0.493 e. The van der Waals surface area contributed by atoms with Gasteiger partial charge in [-0.2, -0.15) is 0 Å². The third kappa shape index (κ3) is 8.76. The number of nitrogens with zero attached hydrogens (tertiary/aromatic N) is 2. The number of hydrogen-bond donors (Lipinski definition) is 0. The van der Waals surface area contributed by atoms with Gasteiger partial charge in [-0.15, -0.1) is 0 Å². The number of methoxy groups -OCH3 is 3. The van der Waals surface area contributed by atoms with Crippen LogP contribution >= 0.6 is 0 Å². The van der Waals surface area contributed by atoms with Crippen LogP contribution in [0, 0.1) is 0 Å². The number of morpholine rings is 1. The Kier molecular flexibility index (Phi) is 10.4. The predicted molar refractivity (Wildman–Crippen MR) is 137 cm³/mol. The highest BCUT2D eigenvalue weighted by Crippen LogP contribution is 2.33. The van der Waals surface area contributed by atoms with Gasteiger partial charge >= 0.3 is 6.09 Å². The average molecular weight is 523 g/mol. The van der Waals surface area contributed by atoms with Crippen LogP contribution in [0.5, 0.6) is 11.5 Å². The summed E-state index contributed by atoms with van der Waals surface area (Å²) in [6.45, 7) is 7.68. The first-order valence-corrected chi connectivity index (χ1v) is 12.9. The Morgan fingerprint density at radius 1 is 1.05 bits per heavy atom. The monoisotopic (exact) mass is 522 g/mol. The summed E-state index contributed by atoms with van der Waals surface area (Å²) in [5.41, 5.74) is 0.291. The van der Waals surface area contributed by atoms with E-state index >= 15 is 0 Å². The van der Waals surface area contributed by atoms with E-state index < -0.39 is 23.9 Å². The number of amides is 2. The summed E-state index contributed by atoms with van der Waals surface area (Å²) >= 11 is 0. The smallest absolute Gasteiger partial charge is 0.410 e. The number of benzene rings is 1. The van der Waals surface area contributed by atoms with Crippen molar-refractivity contribution in [1.82, 2.24) is 9.80 Å². The molecule has 0 aromatic heterocycles. The number of hydrogen-bond acceptors (Lipinski definition) is 8. The van der Waals surface area contributed by atoms with Gasteiger partial charge in [-0.25, -0.2) is 4.79 Å². The van der Waals surface area contributed by atoms with Crippen molar-refractivity contribution in [3.05, 3.63) is 23.8 Å². The van der Waals surface area contributed by atoms with Crippen molar-refractivity contribution in [2.45, 2.75) is 70.4 Å². The number of rotatable bonds is 12. The van der Waals surface area contributed by atoms with Gasteiger partial charge < -0.3 is 38.2 Å². The Labute approximate surface area is 220 Å². The zero-order valence-corrected chi connectivity index (χ0v) is 23.0. The van der Waals surface area contributed by atoms with Crippen LogP contribution in [0.3, 0.4) is 0 Å². The quantitative estimate of drug-likeness (QED) is 0.386. The van der Waals surface area contributed by atoms with Crippen molar-refractivity contribution >= 4 is 12.0 Å². The SMILES string of the molecule is COCCCOc1cc(CN(C(=O)[C@H]2CN(C(=O)OC(C)(C)C)C[C@@H](COC)O2)C2CC2)ccc1OC. The van der Waals surface area contributed by atoms with Crippen LogP contribution in [-0.4, -0.2) is 99.9 Å². The van der Waals surface area contributed by atoms with E-state index in [4.69, 9.17) is 28.4 Å². The molecule has 3 rings (SSSR count). The molecule has 0 N–H and O–H groups in total. The zero-order chi connectivity index (χ0) is 27.0. The molecule has 1 aliphatic carbocycles. The van der Waals surface area contributed by atoms with Gasteiger partial charge in [0, 0.05) is 39.8 Å². The molecule has 1 saturated carbocycles. The molecule has 1 aliphatic heterocycles. The van der Waals surface area contributed by atoms with Crippen molar-refractivity contribution in [2.24, 2.45) is 0 Å². The van der Waals surface area contributed by atoms with Gasteiger partial charge in [0.25, 0.3) is 5.91 Å². The summed E-state index contributed by atoms with van der Waals surface area (Å²) in [5.74, 6) is 1.12. The fourth-order valence-electron chi connectivity index (χ4n) is 4.20. The molecule has 2 atom stereocenters. The second-order valence-corrected chi connectivity index (χ2v) is 10.5. The van der Waals surface area contributed by atoms with Gasteiger partial charge in [-0.05, 0) is 51.3 Å². The zero-order valence-electron chi connectivity index (χ0n) is 23.0. The Hall–Kier alpha value is -2.56. The second kappa shape index (κ2) is 13.3. The van der Waals surface area contributed by atoms with E-state index in [1.807, 2.05) is 43.9 Å². The standard InChI is InChI=1S/C27H42N2O8/c1-27(2,3)37-26(31)28-16-21(18-33-5)36-24(17-28)25(30)29(20-9-10-20)15-19-8-11-22(34-6)23(14-19)35-13-7-12-32-4/h8,11,14,20-21,24H,7,9-10,12-13,15-18H2,1-6H3/t21-,24+/m0/s1. The summed E-state index contributed by atoms with van der Waals surface area (Å²) in [6.07, 6.45) is 0.947. The highest BCUT2D eigenvalue weighted by atomic mass is 16.6. The molecule has 2 amide bonds.